The molecule has 2 aromatic carbocycles. The molecule has 0 aliphatic carbocycles. The van der Waals surface area contributed by atoms with E-state index < -0.39 is 43.7 Å². The van der Waals surface area contributed by atoms with E-state index in [1.165, 1.54) is 12.1 Å². The van der Waals surface area contributed by atoms with Gasteiger partial charge in [0.25, 0.3) is 11.4 Å². The predicted octanol–water partition coefficient (Wildman–Crippen LogP) is 3.71. The van der Waals surface area contributed by atoms with E-state index in [-0.39, 0.29) is 11.1 Å². The number of nitro benzene ring substituents is 2. The van der Waals surface area contributed by atoms with Crippen LogP contribution in [0.1, 0.15) is 28.8 Å². The summed E-state index contributed by atoms with van der Waals surface area (Å²) in [5.41, 5.74) is -1.47. The first-order valence-corrected chi connectivity index (χ1v) is 7.33. The van der Waals surface area contributed by atoms with E-state index in [9.17, 15) is 29.8 Å². The van der Waals surface area contributed by atoms with Crippen LogP contribution in [0.25, 0.3) is 0 Å². The highest BCUT2D eigenvalue weighted by molar-refractivity contribution is 6.33. The third-order valence-corrected chi connectivity index (χ3v) is 3.83. The van der Waals surface area contributed by atoms with Crippen LogP contribution in [0.15, 0.2) is 42.5 Å². The number of Topliss-reactive ketones (excluding diaryl/α,β-unsaturated/α-hetero) is 2. The molecule has 0 unspecified atom stereocenters. The monoisotopic (exact) mass is 362 g/mol. The zero-order valence-electron chi connectivity index (χ0n) is 12.8. The number of benzene rings is 2. The molecular formula is C16H11ClN2O6. The Morgan fingerprint density at radius 2 is 1.56 bits per heavy atom. The van der Waals surface area contributed by atoms with Gasteiger partial charge in [-0.05, 0) is 13.0 Å². The molecule has 0 radical (unpaired) electrons. The Kier molecular flexibility index (Phi) is 5.23. The minimum Gasteiger partial charge on any atom is -0.299 e. The third-order valence-electron chi connectivity index (χ3n) is 3.53. The summed E-state index contributed by atoms with van der Waals surface area (Å²) >= 11 is 5.81. The summed E-state index contributed by atoms with van der Waals surface area (Å²) in [4.78, 5) is 45.2. The van der Waals surface area contributed by atoms with Crippen LogP contribution in [-0.4, -0.2) is 21.4 Å². The molecule has 0 saturated carbocycles. The average molecular weight is 363 g/mol. The van der Waals surface area contributed by atoms with Gasteiger partial charge in [-0.1, -0.05) is 41.9 Å². The number of carbonyl (C=O) groups is 2. The first-order chi connectivity index (χ1) is 11.7. The van der Waals surface area contributed by atoms with Crippen LogP contribution in [0.2, 0.25) is 5.02 Å². The van der Waals surface area contributed by atoms with E-state index in [1.54, 1.807) is 18.2 Å². The maximum absolute atomic E-state index is 12.7. The largest absolute Gasteiger partial charge is 0.299 e. The second-order valence-electron chi connectivity index (χ2n) is 5.15. The van der Waals surface area contributed by atoms with Crippen LogP contribution in [0, 0.1) is 20.2 Å². The Bertz CT molecular complexity index is 882. The molecule has 0 aliphatic heterocycles. The van der Waals surface area contributed by atoms with Crippen molar-refractivity contribution in [3.8, 4) is 0 Å². The predicted molar refractivity (Wildman–Crippen MR) is 89.0 cm³/mol. The van der Waals surface area contributed by atoms with Gasteiger partial charge in [-0.3, -0.25) is 29.8 Å². The summed E-state index contributed by atoms with van der Waals surface area (Å²) < 4.78 is 0. The fraction of sp³-hybridized carbons (Fsp3) is 0.125. The van der Waals surface area contributed by atoms with E-state index in [4.69, 9.17) is 11.6 Å². The van der Waals surface area contributed by atoms with Gasteiger partial charge in [0.05, 0.1) is 21.5 Å². The number of hydrogen-bond donors (Lipinski definition) is 0. The van der Waals surface area contributed by atoms with Crippen LogP contribution < -0.4 is 0 Å². The number of nitrogens with zero attached hydrogens (tertiary/aromatic N) is 2. The Balaban J connectivity index is 2.68. The second-order valence-corrected chi connectivity index (χ2v) is 5.56. The number of ketones is 2. The molecule has 0 aliphatic rings. The molecule has 25 heavy (non-hydrogen) atoms. The fourth-order valence-corrected chi connectivity index (χ4v) is 2.65. The van der Waals surface area contributed by atoms with Crippen LogP contribution in [-0.2, 0) is 4.79 Å². The molecule has 0 saturated heterocycles. The Morgan fingerprint density at radius 1 is 1.00 bits per heavy atom. The van der Waals surface area contributed by atoms with Crippen molar-refractivity contribution in [1.82, 2.24) is 0 Å². The topological polar surface area (TPSA) is 120 Å². The molecule has 0 heterocycles. The van der Waals surface area contributed by atoms with Crippen LogP contribution in [0.4, 0.5) is 11.4 Å². The number of nitro groups is 2. The van der Waals surface area contributed by atoms with Gasteiger partial charge in [0.2, 0.25) is 0 Å². The zero-order chi connectivity index (χ0) is 18.7. The standard InChI is InChI=1S/C16H11ClN2O6/c1-9(20)15(16(21)10-5-3-2-4-6-10)11-7-12(17)14(19(24)25)8-13(11)18(22)23/h2-8,15H,1H3/t15-/m1/s1. The van der Waals surface area contributed by atoms with Crippen molar-refractivity contribution < 1.29 is 19.4 Å². The molecule has 0 bridgehead atoms. The lowest BCUT2D eigenvalue weighted by molar-refractivity contribution is -0.394. The number of hydrogen-bond acceptors (Lipinski definition) is 6. The minimum absolute atomic E-state index is 0.187. The summed E-state index contributed by atoms with van der Waals surface area (Å²) in [6.07, 6.45) is 0. The van der Waals surface area contributed by atoms with Crippen molar-refractivity contribution in [1.29, 1.82) is 0 Å². The first kappa shape index (κ1) is 18.2. The Morgan fingerprint density at radius 3 is 2.04 bits per heavy atom. The molecule has 1 atom stereocenters. The average Bonchev–Trinajstić information content (AvgIpc) is 2.54. The Hall–Kier alpha value is -3.13. The van der Waals surface area contributed by atoms with E-state index in [0.29, 0.717) is 6.07 Å². The minimum atomic E-state index is -1.49. The normalized spacial score (nSPS) is 11.6. The lowest BCUT2D eigenvalue weighted by atomic mass is 9.86. The van der Waals surface area contributed by atoms with Crippen molar-refractivity contribution in [3.05, 3.63) is 78.8 Å². The van der Waals surface area contributed by atoms with E-state index in [1.807, 2.05) is 0 Å². The van der Waals surface area contributed by atoms with Crippen molar-refractivity contribution >= 4 is 34.5 Å². The maximum atomic E-state index is 12.7. The van der Waals surface area contributed by atoms with Gasteiger partial charge in [-0.25, -0.2) is 0 Å². The van der Waals surface area contributed by atoms with Gasteiger partial charge in [-0.15, -0.1) is 0 Å². The lowest BCUT2D eigenvalue weighted by Crippen LogP contribution is -2.21. The molecule has 0 N–H and O–H groups in total. The van der Waals surface area contributed by atoms with Crippen molar-refractivity contribution in [2.75, 3.05) is 0 Å². The van der Waals surface area contributed by atoms with Gasteiger partial charge in [0.15, 0.2) is 5.78 Å². The summed E-state index contributed by atoms with van der Waals surface area (Å²) in [5.74, 6) is -2.77. The van der Waals surface area contributed by atoms with Gasteiger partial charge in [0.1, 0.15) is 16.7 Å². The van der Waals surface area contributed by atoms with Crippen molar-refractivity contribution in [3.63, 3.8) is 0 Å². The summed E-state index contributed by atoms with van der Waals surface area (Å²) in [7, 11) is 0. The van der Waals surface area contributed by atoms with Crippen molar-refractivity contribution in [2.45, 2.75) is 12.8 Å². The molecule has 0 fully saturated rings. The fourth-order valence-electron chi connectivity index (χ4n) is 2.41. The van der Waals surface area contributed by atoms with Gasteiger partial charge >= 0.3 is 0 Å². The SMILES string of the molecule is CC(=O)[C@@H](C(=O)c1ccccc1)c1cc(Cl)c([N+](=O)[O-])cc1[N+](=O)[O-]. The zero-order valence-corrected chi connectivity index (χ0v) is 13.6. The molecule has 0 spiro atoms. The highest BCUT2D eigenvalue weighted by Gasteiger charge is 2.35. The van der Waals surface area contributed by atoms with Crippen LogP contribution in [0.3, 0.4) is 0 Å². The smallest absolute Gasteiger partial charge is 0.294 e. The van der Waals surface area contributed by atoms with Crippen LogP contribution in [0.5, 0.6) is 0 Å². The first-order valence-electron chi connectivity index (χ1n) is 6.96. The van der Waals surface area contributed by atoms with Crippen molar-refractivity contribution in [2.24, 2.45) is 0 Å². The summed E-state index contributed by atoms with van der Waals surface area (Å²) in [6, 6.07) is 9.37. The highest BCUT2D eigenvalue weighted by atomic mass is 35.5. The molecule has 128 valence electrons. The molecule has 0 amide bonds. The number of carbonyl (C=O) groups excluding carboxylic acids is 2. The molecule has 2 rings (SSSR count). The molecule has 9 heteroatoms. The van der Waals surface area contributed by atoms with Gasteiger partial charge in [0, 0.05) is 5.56 Å². The molecule has 2 aromatic rings. The van der Waals surface area contributed by atoms with Gasteiger partial charge < -0.3 is 0 Å². The second kappa shape index (κ2) is 7.18. The van der Waals surface area contributed by atoms with E-state index in [2.05, 4.69) is 0 Å². The van der Waals surface area contributed by atoms with E-state index in [0.717, 1.165) is 13.0 Å². The van der Waals surface area contributed by atoms with Gasteiger partial charge in [-0.2, -0.15) is 0 Å². The number of halogens is 1. The lowest BCUT2D eigenvalue weighted by Gasteiger charge is -2.14. The third kappa shape index (κ3) is 3.69. The molecule has 0 aromatic heterocycles. The quantitative estimate of drug-likeness (QED) is 0.334. The summed E-state index contributed by atoms with van der Waals surface area (Å²) in [5, 5.41) is 21.9. The highest BCUT2D eigenvalue weighted by Crippen LogP contribution is 2.37. The van der Waals surface area contributed by atoms with E-state index >= 15 is 0 Å². The summed E-state index contributed by atoms with van der Waals surface area (Å²) in [6.45, 7) is 1.12. The van der Waals surface area contributed by atoms with Crippen LogP contribution >= 0.6 is 11.6 Å². The number of rotatable bonds is 6. The Labute approximate surface area is 146 Å². The molecule has 8 nitrogen and oxygen atoms in total. The molecular weight excluding hydrogens is 352 g/mol. The maximum Gasteiger partial charge on any atom is 0.294 e.